The molecule has 1 saturated heterocycles. The summed E-state index contributed by atoms with van der Waals surface area (Å²) in [6, 6.07) is 2.16. The second-order valence-electron chi connectivity index (χ2n) is 5.45. The summed E-state index contributed by atoms with van der Waals surface area (Å²) in [5.41, 5.74) is 2.96. The third kappa shape index (κ3) is 1.69. The standard InChI is InChI=1S/C14H20N2O/c1-11(2)17-10-14-5-3-7-16(14)9-12-4-6-15-8-13(12)14/h4,6,8,11H,3,5,7,9-10H2,1-2H3. The summed E-state index contributed by atoms with van der Waals surface area (Å²) >= 11 is 0. The van der Waals surface area contributed by atoms with Crippen LogP contribution in [0.15, 0.2) is 18.5 Å². The largest absolute Gasteiger partial charge is 0.377 e. The highest BCUT2D eigenvalue weighted by atomic mass is 16.5. The molecule has 1 atom stereocenters. The minimum atomic E-state index is 0.119. The van der Waals surface area contributed by atoms with Crippen molar-refractivity contribution in [2.45, 2.75) is 44.9 Å². The fourth-order valence-corrected chi connectivity index (χ4v) is 3.20. The average Bonchev–Trinajstić information content (AvgIpc) is 2.82. The van der Waals surface area contributed by atoms with Gasteiger partial charge in [-0.05, 0) is 50.4 Å². The lowest BCUT2D eigenvalue weighted by atomic mass is 9.90. The van der Waals surface area contributed by atoms with E-state index in [0.717, 1.165) is 13.2 Å². The van der Waals surface area contributed by atoms with Gasteiger partial charge in [-0.2, -0.15) is 0 Å². The van der Waals surface area contributed by atoms with E-state index < -0.39 is 0 Å². The van der Waals surface area contributed by atoms with Gasteiger partial charge in [0, 0.05) is 18.9 Å². The molecule has 2 aliphatic heterocycles. The molecule has 0 N–H and O–H groups in total. The normalized spacial score (nSPS) is 27.5. The molecule has 3 heterocycles. The molecule has 0 radical (unpaired) electrons. The maximum absolute atomic E-state index is 5.92. The van der Waals surface area contributed by atoms with E-state index in [1.165, 1.54) is 30.5 Å². The van der Waals surface area contributed by atoms with Crippen molar-refractivity contribution in [1.82, 2.24) is 9.88 Å². The van der Waals surface area contributed by atoms with Crippen LogP contribution in [0.1, 0.15) is 37.8 Å². The number of rotatable bonds is 3. The summed E-state index contributed by atoms with van der Waals surface area (Å²) in [6.45, 7) is 7.28. The monoisotopic (exact) mass is 232 g/mol. The molecule has 0 aliphatic carbocycles. The van der Waals surface area contributed by atoms with Crippen molar-refractivity contribution < 1.29 is 4.74 Å². The molecule has 3 heteroatoms. The van der Waals surface area contributed by atoms with Gasteiger partial charge >= 0.3 is 0 Å². The molecule has 17 heavy (non-hydrogen) atoms. The van der Waals surface area contributed by atoms with E-state index >= 15 is 0 Å². The quantitative estimate of drug-likeness (QED) is 0.799. The number of ether oxygens (including phenoxy) is 1. The summed E-state index contributed by atoms with van der Waals surface area (Å²) in [7, 11) is 0. The van der Waals surface area contributed by atoms with Crippen LogP contribution in [-0.2, 0) is 16.8 Å². The topological polar surface area (TPSA) is 25.4 Å². The van der Waals surface area contributed by atoms with Gasteiger partial charge in [0.1, 0.15) is 0 Å². The molecule has 3 nitrogen and oxygen atoms in total. The number of aromatic nitrogens is 1. The summed E-state index contributed by atoms with van der Waals surface area (Å²) in [5, 5.41) is 0. The molecule has 1 fully saturated rings. The van der Waals surface area contributed by atoms with Gasteiger partial charge in [0.15, 0.2) is 0 Å². The third-order valence-corrected chi connectivity index (χ3v) is 4.05. The third-order valence-electron chi connectivity index (χ3n) is 4.05. The minimum absolute atomic E-state index is 0.119. The first-order chi connectivity index (χ1) is 8.22. The molecule has 0 bridgehead atoms. The Labute approximate surface area is 103 Å². The van der Waals surface area contributed by atoms with Gasteiger partial charge < -0.3 is 4.74 Å². The van der Waals surface area contributed by atoms with Crippen molar-refractivity contribution in [3.05, 3.63) is 29.6 Å². The van der Waals surface area contributed by atoms with Crippen molar-refractivity contribution in [1.29, 1.82) is 0 Å². The highest BCUT2D eigenvalue weighted by molar-refractivity contribution is 5.37. The highest BCUT2D eigenvalue weighted by Gasteiger charge is 2.48. The molecule has 1 aromatic rings. The predicted molar refractivity (Wildman–Crippen MR) is 66.6 cm³/mol. The Hall–Kier alpha value is -0.930. The molecular formula is C14H20N2O. The highest BCUT2D eigenvalue weighted by Crippen LogP contribution is 2.46. The Bertz CT molecular complexity index is 418. The van der Waals surface area contributed by atoms with Crippen LogP contribution >= 0.6 is 0 Å². The molecule has 0 saturated carbocycles. The summed E-state index contributed by atoms with van der Waals surface area (Å²) in [5.74, 6) is 0. The van der Waals surface area contributed by atoms with Gasteiger partial charge in [0.2, 0.25) is 0 Å². The lowest BCUT2D eigenvalue weighted by molar-refractivity contribution is -0.00942. The summed E-state index contributed by atoms with van der Waals surface area (Å²) in [6.07, 6.45) is 6.73. The molecule has 1 aromatic heterocycles. The minimum Gasteiger partial charge on any atom is -0.377 e. The van der Waals surface area contributed by atoms with Gasteiger partial charge in [0.05, 0.1) is 18.2 Å². The Kier molecular flexibility index (Phi) is 2.68. The lowest BCUT2D eigenvalue weighted by Crippen LogP contribution is -2.40. The van der Waals surface area contributed by atoms with Gasteiger partial charge in [0.25, 0.3) is 0 Å². The van der Waals surface area contributed by atoms with Crippen molar-refractivity contribution in [3.63, 3.8) is 0 Å². The molecular weight excluding hydrogens is 212 g/mol. The number of hydrogen-bond donors (Lipinski definition) is 0. The van der Waals surface area contributed by atoms with Gasteiger partial charge in [-0.3, -0.25) is 9.88 Å². The molecule has 0 amide bonds. The zero-order chi connectivity index (χ0) is 11.9. The maximum Gasteiger partial charge on any atom is 0.0718 e. The van der Waals surface area contributed by atoms with Gasteiger partial charge in [-0.15, -0.1) is 0 Å². The smallest absolute Gasteiger partial charge is 0.0718 e. The Morgan fingerprint density at radius 3 is 3.24 bits per heavy atom. The first-order valence-corrected chi connectivity index (χ1v) is 6.52. The van der Waals surface area contributed by atoms with E-state index in [-0.39, 0.29) is 5.54 Å². The molecule has 3 rings (SSSR count). The van der Waals surface area contributed by atoms with Gasteiger partial charge in [-0.25, -0.2) is 0 Å². The first kappa shape index (κ1) is 11.2. The predicted octanol–water partition coefficient (Wildman–Crippen LogP) is 2.31. The van der Waals surface area contributed by atoms with E-state index in [1.54, 1.807) is 0 Å². The second-order valence-corrected chi connectivity index (χ2v) is 5.45. The zero-order valence-corrected chi connectivity index (χ0v) is 10.6. The van der Waals surface area contributed by atoms with Crippen molar-refractivity contribution in [2.75, 3.05) is 13.2 Å². The molecule has 92 valence electrons. The summed E-state index contributed by atoms with van der Waals surface area (Å²) < 4.78 is 5.92. The average molecular weight is 232 g/mol. The number of pyridine rings is 1. The fourth-order valence-electron chi connectivity index (χ4n) is 3.20. The number of nitrogens with zero attached hydrogens (tertiary/aromatic N) is 2. The van der Waals surface area contributed by atoms with Crippen LogP contribution in [0.3, 0.4) is 0 Å². The number of hydrogen-bond acceptors (Lipinski definition) is 3. The van der Waals surface area contributed by atoms with E-state index in [1.807, 2.05) is 12.4 Å². The van der Waals surface area contributed by atoms with Crippen LogP contribution in [0.5, 0.6) is 0 Å². The molecule has 1 unspecified atom stereocenters. The molecule has 0 spiro atoms. The Morgan fingerprint density at radius 2 is 2.41 bits per heavy atom. The van der Waals surface area contributed by atoms with Crippen molar-refractivity contribution >= 4 is 0 Å². The second kappa shape index (κ2) is 4.07. The first-order valence-electron chi connectivity index (χ1n) is 6.52. The molecule has 0 aromatic carbocycles. The van der Waals surface area contributed by atoms with Crippen LogP contribution < -0.4 is 0 Å². The van der Waals surface area contributed by atoms with Crippen LogP contribution in [0.25, 0.3) is 0 Å². The SMILES string of the molecule is CC(C)OCC12CCCN1Cc1ccncc12. The maximum atomic E-state index is 5.92. The zero-order valence-electron chi connectivity index (χ0n) is 10.6. The van der Waals surface area contributed by atoms with Crippen LogP contribution in [-0.4, -0.2) is 29.1 Å². The van der Waals surface area contributed by atoms with E-state index in [9.17, 15) is 0 Å². The summed E-state index contributed by atoms with van der Waals surface area (Å²) in [4.78, 5) is 6.88. The van der Waals surface area contributed by atoms with E-state index in [2.05, 4.69) is 29.8 Å². The van der Waals surface area contributed by atoms with E-state index in [4.69, 9.17) is 4.74 Å². The lowest BCUT2D eigenvalue weighted by Gasteiger charge is -2.33. The van der Waals surface area contributed by atoms with Crippen LogP contribution in [0.4, 0.5) is 0 Å². The Morgan fingerprint density at radius 1 is 1.53 bits per heavy atom. The Balaban J connectivity index is 1.94. The van der Waals surface area contributed by atoms with Gasteiger partial charge in [-0.1, -0.05) is 0 Å². The van der Waals surface area contributed by atoms with Crippen molar-refractivity contribution in [3.8, 4) is 0 Å². The number of fused-ring (bicyclic) bond motifs is 3. The van der Waals surface area contributed by atoms with Crippen LogP contribution in [0.2, 0.25) is 0 Å². The van der Waals surface area contributed by atoms with Crippen molar-refractivity contribution in [2.24, 2.45) is 0 Å². The van der Waals surface area contributed by atoms with Crippen LogP contribution in [0, 0.1) is 0 Å². The van der Waals surface area contributed by atoms with E-state index in [0.29, 0.717) is 6.10 Å². The fraction of sp³-hybridized carbons (Fsp3) is 0.643. The molecule has 2 aliphatic rings.